The van der Waals surface area contributed by atoms with Crippen molar-refractivity contribution in [2.45, 2.75) is 51.4 Å². The summed E-state index contributed by atoms with van der Waals surface area (Å²) in [4.78, 5) is 25.3. The highest BCUT2D eigenvalue weighted by Crippen LogP contribution is 2.46. The van der Waals surface area contributed by atoms with Crippen molar-refractivity contribution >= 4 is 11.9 Å². The van der Waals surface area contributed by atoms with Gasteiger partial charge in [-0.25, -0.2) is 4.39 Å². The molecule has 5 atom stereocenters. The molecule has 13 heteroatoms. The average molecular weight is 592 g/mol. The molecule has 0 radical (unpaired) electrons. The van der Waals surface area contributed by atoms with Gasteiger partial charge in [0.2, 0.25) is 0 Å². The molecule has 224 valence electrons. The van der Waals surface area contributed by atoms with Crippen molar-refractivity contribution in [1.82, 2.24) is 4.90 Å². The van der Waals surface area contributed by atoms with Crippen LogP contribution < -0.4 is 0 Å². The molecule has 2 saturated heterocycles. The maximum absolute atomic E-state index is 14.0. The molecule has 1 amide bonds. The minimum absolute atomic E-state index is 0.0442. The minimum Gasteiger partial charge on any atom is -0.456 e. The van der Waals surface area contributed by atoms with Gasteiger partial charge in [-0.1, -0.05) is 6.07 Å². The zero-order valence-corrected chi connectivity index (χ0v) is 22.3. The average Bonchev–Trinajstić information content (AvgIpc) is 3.31. The van der Waals surface area contributed by atoms with Gasteiger partial charge in [-0.15, -0.1) is 0 Å². The van der Waals surface area contributed by atoms with E-state index in [9.17, 15) is 40.3 Å². The van der Waals surface area contributed by atoms with Crippen LogP contribution in [-0.2, 0) is 36.2 Å². The molecule has 41 heavy (non-hydrogen) atoms. The largest absolute Gasteiger partial charge is 0.456 e. The minimum atomic E-state index is -5.02. The Labute approximate surface area is 231 Å². The van der Waals surface area contributed by atoms with Crippen molar-refractivity contribution in [2.24, 2.45) is 11.8 Å². The molecule has 0 saturated carbocycles. The summed E-state index contributed by atoms with van der Waals surface area (Å²) in [7, 11) is 0. The number of carbonyl (C=O) groups is 2. The molecule has 2 fully saturated rings. The third kappa shape index (κ3) is 7.00. The standard InChI is InChI=1S/C28H28F7NO5/c1-14-6-21(29)4-5-22(14)25-23-11-36(24(38)13-39-16(3)37)10-18(23)12-40-26(25)41-15(2)17-7-19(27(30,31)32)9-20(8-17)28(33,34)35/h4-9,15,18,23,25-26H,10-13H2,1-3H3/t15-,18+,23?,25+,26-/m1/s1. The number of amides is 1. The van der Waals surface area contributed by atoms with Crippen molar-refractivity contribution < 1.29 is 54.5 Å². The summed E-state index contributed by atoms with van der Waals surface area (Å²) in [5.41, 5.74) is -2.15. The third-order valence-corrected chi connectivity index (χ3v) is 7.48. The van der Waals surface area contributed by atoms with Crippen LogP contribution in [0.15, 0.2) is 36.4 Å². The topological polar surface area (TPSA) is 65.1 Å². The molecule has 2 aliphatic rings. The van der Waals surface area contributed by atoms with Crippen LogP contribution in [-0.4, -0.2) is 49.4 Å². The van der Waals surface area contributed by atoms with E-state index >= 15 is 0 Å². The fraction of sp³-hybridized carbons (Fsp3) is 0.500. The summed E-state index contributed by atoms with van der Waals surface area (Å²) >= 11 is 0. The molecule has 0 aliphatic carbocycles. The number of esters is 1. The van der Waals surface area contributed by atoms with Crippen molar-refractivity contribution in [3.63, 3.8) is 0 Å². The number of rotatable bonds is 6. The van der Waals surface area contributed by atoms with Crippen LogP contribution in [0.5, 0.6) is 0 Å². The summed E-state index contributed by atoms with van der Waals surface area (Å²) in [6, 6.07) is 5.30. The fourth-order valence-electron chi connectivity index (χ4n) is 5.47. The number of benzene rings is 2. The van der Waals surface area contributed by atoms with E-state index in [4.69, 9.17) is 14.2 Å². The van der Waals surface area contributed by atoms with Crippen LogP contribution in [0.1, 0.15) is 53.7 Å². The zero-order valence-electron chi connectivity index (χ0n) is 22.3. The van der Waals surface area contributed by atoms with E-state index in [1.807, 2.05) is 0 Å². The van der Waals surface area contributed by atoms with Crippen molar-refractivity contribution in [2.75, 3.05) is 26.3 Å². The number of hydrogen-bond acceptors (Lipinski definition) is 5. The number of aryl methyl sites for hydroxylation is 1. The molecule has 0 bridgehead atoms. The Balaban J connectivity index is 1.66. The van der Waals surface area contributed by atoms with Crippen molar-refractivity contribution in [1.29, 1.82) is 0 Å². The predicted octanol–water partition coefficient (Wildman–Crippen LogP) is 6.03. The maximum Gasteiger partial charge on any atom is 0.416 e. The lowest BCUT2D eigenvalue weighted by molar-refractivity contribution is -0.217. The lowest BCUT2D eigenvalue weighted by Crippen LogP contribution is -2.42. The lowest BCUT2D eigenvalue weighted by atomic mass is 9.76. The molecule has 0 aromatic heterocycles. The van der Waals surface area contributed by atoms with Crippen LogP contribution in [0, 0.1) is 24.6 Å². The van der Waals surface area contributed by atoms with E-state index in [-0.39, 0.29) is 43.2 Å². The molecule has 1 unspecified atom stereocenters. The first-order valence-electron chi connectivity index (χ1n) is 12.8. The third-order valence-electron chi connectivity index (χ3n) is 7.48. The molecule has 6 nitrogen and oxygen atoms in total. The van der Waals surface area contributed by atoms with Crippen LogP contribution in [0.3, 0.4) is 0 Å². The molecular weight excluding hydrogens is 563 g/mol. The second-order valence-corrected chi connectivity index (χ2v) is 10.3. The van der Waals surface area contributed by atoms with Crippen molar-refractivity contribution in [3.05, 3.63) is 70.0 Å². The number of fused-ring (bicyclic) bond motifs is 1. The number of ether oxygens (including phenoxy) is 3. The Kier molecular flexibility index (Phi) is 8.70. The summed E-state index contributed by atoms with van der Waals surface area (Å²) in [5, 5.41) is 0. The predicted molar refractivity (Wildman–Crippen MR) is 130 cm³/mol. The number of nitrogens with zero attached hydrogens (tertiary/aromatic N) is 1. The van der Waals surface area contributed by atoms with Gasteiger partial charge in [-0.3, -0.25) is 9.59 Å². The van der Waals surface area contributed by atoms with Gasteiger partial charge in [0.1, 0.15) is 5.82 Å². The molecule has 2 heterocycles. The Morgan fingerprint density at radius 3 is 2.22 bits per heavy atom. The Morgan fingerprint density at radius 1 is 1.02 bits per heavy atom. The first-order valence-corrected chi connectivity index (χ1v) is 12.8. The second kappa shape index (κ2) is 11.6. The molecular formula is C28H28F7NO5. The Morgan fingerprint density at radius 2 is 1.66 bits per heavy atom. The smallest absolute Gasteiger partial charge is 0.416 e. The lowest BCUT2D eigenvalue weighted by Gasteiger charge is -2.41. The van der Waals surface area contributed by atoms with Gasteiger partial charge in [0.05, 0.1) is 23.8 Å². The SMILES string of the molecule is CC(=O)OCC(=O)N1CC2[C@H](CO[C@H](O[C@H](C)c3cc(C(F)(F)F)cc(C(F)(F)F)c3)[C@H]2c2ccc(F)cc2C)C1. The fourth-order valence-corrected chi connectivity index (χ4v) is 5.47. The molecule has 4 rings (SSSR count). The van der Waals surface area contributed by atoms with E-state index < -0.39 is 66.1 Å². The van der Waals surface area contributed by atoms with E-state index in [0.717, 1.165) is 0 Å². The second-order valence-electron chi connectivity index (χ2n) is 10.3. The number of carbonyl (C=O) groups excluding carboxylic acids is 2. The van der Waals surface area contributed by atoms with Crippen molar-refractivity contribution in [3.8, 4) is 0 Å². The van der Waals surface area contributed by atoms with E-state index in [2.05, 4.69) is 0 Å². The van der Waals surface area contributed by atoms with E-state index in [0.29, 0.717) is 23.3 Å². The highest BCUT2D eigenvalue weighted by molar-refractivity contribution is 5.80. The number of alkyl halides is 6. The van der Waals surface area contributed by atoms with Crippen LogP contribution >= 0.6 is 0 Å². The van der Waals surface area contributed by atoms with Gasteiger partial charge < -0.3 is 19.1 Å². The van der Waals surface area contributed by atoms with E-state index in [1.54, 1.807) is 6.92 Å². The Hall–Kier alpha value is -3.19. The van der Waals surface area contributed by atoms with Gasteiger partial charge >= 0.3 is 18.3 Å². The number of likely N-dealkylation sites (tertiary alicyclic amines) is 1. The monoisotopic (exact) mass is 591 g/mol. The Bertz CT molecular complexity index is 1260. The molecule has 2 aliphatic heterocycles. The van der Waals surface area contributed by atoms with Gasteiger partial charge in [-0.05, 0) is 66.8 Å². The summed E-state index contributed by atoms with van der Waals surface area (Å²) in [5.74, 6) is -2.71. The summed E-state index contributed by atoms with van der Waals surface area (Å²) in [6.07, 6.45) is -12.4. The molecule has 2 aromatic carbocycles. The quantitative estimate of drug-likeness (QED) is 0.304. The highest BCUT2D eigenvalue weighted by Gasteiger charge is 2.48. The molecule has 0 N–H and O–H groups in total. The number of halogens is 7. The van der Waals surface area contributed by atoms with Crippen LogP contribution in [0.25, 0.3) is 0 Å². The van der Waals surface area contributed by atoms with Crippen LogP contribution in [0.4, 0.5) is 30.7 Å². The van der Waals surface area contributed by atoms with Gasteiger partial charge in [0.25, 0.3) is 5.91 Å². The molecule has 2 aromatic rings. The van der Waals surface area contributed by atoms with Gasteiger partial charge in [0, 0.05) is 31.8 Å². The maximum atomic E-state index is 14.0. The van der Waals surface area contributed by atoms with Gasteiger partial charge in [-0.2, -0.15) is 26.3 Å². The summed E-state index contributed by atoms with van der Waals surface area (Å²) < 4.78 is 111. The first-order chi connectivity index (χ1) is 19.0. The first kappa shape index (κ1) is 30.8. The summed E-state index contributed by atoms with van der Waals surface area (Å²) in [6.45, 7) is 4.25. The van der Waals surface area contributed by atoms with Gasteiger partial charge in [0.15, 0.2) is 12.9 Å². The number of hydrogen-bond donors (Lipinski definition) is 0. The van der Waals surface area contributed by atoms with Crippen LogP contribution in [0.2, 0.25) is 0 Å². The normalized spacial score (nSPS) is 23.7. The van der Waals surface area contributed by atoms with E-state index in [1.165, 1.54) is 36.9 Å². The highest BCUT2D eigenvalue weighted by atomic mass is 19.4. The zero-order chi connectivity index (χ0) is 30.3. The molecule has 0 spiro atoms.